The highest BCUT2D eigenvalue weighted by molar-refractivity contribution is 5.89. The van der Waals surface area contributed by atoms with Crippen LogP contribution in [0.4, 0.5) is 4.39 Å². The van der Waals surface area contributed by atoms with Crippen molar-refractivity contribution in [2.45, 2.75) is 32.6 Å². The van der Waals surface area contributed by atoms with Crippen LogP contribution in [-0.2, 0) is 11.2 Å². The van der Waals surface area contributed by atoms with Crippen molar-refractivity contribution in [1.29, 1.82) is 0 Å². The molecule has 1 atom stereocenters. The number of rotatable bonds is 6. The lowest BCUT2D eigenvalue weighted by Gasteiger charge is -2.26. The number of hydrogen-bond donors (Lipinski definition) is 2. The van der Waals surface area contributed by atoms with Gasteiger partial charge in [-0.2, -0.15) is 5.10 Å². The Bertz CT molecular complexity index is 1510. The van der Waals surface area contributed by atoms with E-state index in [1.54, 1.807) is 12.1 Å². The van der Waals surface area contributed by atoms with E-state index < -0.39 is 16.9 Å². The van der Waals surface area contributed by atoms with Gasteiger partial charge < -0.3 is 5.32 Å². The zero-order valence-corrected chi connectivity index (χ0v) is 19.5. The number of H-pyrrole nitrogens is 1. The van der Waals surface area contributed by atoms with E-state index in [1.807, 2.05) is 37.3 Å². The number of fused-ring (bicyclic) bond motifs is 1. The van der Waals surface area contributed by atoms with Gasteiger partial charge in [0.2, 0.25) is 0 Å². The van der Waals surface area contributed by atoms with Crippen LogP contribution >= 0.6 is 0 Å². The summed E-state index contributed by atoms with van der Waals surface area (Å²) in [5, 5.41) is 10.9. The Morgan fingerprint density at radius 1 is 1.14 bits per heavy atom. The fourth-order valence-corrected chi connectivity index (χ4v) is 5.24. The van der Waals surface area contributed by atoms with Crippen LogP contribution in [-0.4, -0.2) is 38.6 Å². The number of carbonyl (C=O) groups excluding carboxylic acids is 1. The summed E-state index contributed by atoms with van der Waals surface area (Å²) in [5.41, 5.74) is 2.40. The molecule has 2 aromatic heterocycles. The molecule has 2 aliphatic rings. The maximum Gasteiger partial charge on any atom is 0.348 e. The molecule has 2 fully saturated rings. The molecule has 0 bridgehead atoms. The quantitative estimate of drug-likeness (QED) is 0.447. The second-order valence-corrected chi connectivity index (χ2v) is 9.83. The minimum atomic E-state index is -0.599. The molecule has 8 heteroatoms. The first-order chi connectivity index (χ1) is 16.9. The van der Waals surface area contributed by atoms with E-state index >= 15 is 4.39 Å². The molecule has 0 unspecified atom stereocenters. The zero-order chi connectivity index (χ0) is 24.2. The van der Waals surface area contributed by atoms with Crippen LogP contribution in [0, 0.1) is 24.1 Å². The van der Waals surface area contributed by atoms with Crippen molar-refractivity contribution in [3.05, 3.63) is 76.4 Å². The summed E-state index contributed by atoms with van der Waals surface area (Å²) in [6.07, 6.45) is 2.84. The monoisotopic (exact) mass is 471 g/mol. The molecular formula is C27H26FN5O2. The van der Waals surface area contributed by atoms with E-state index in [-0.39, 0.29) is 17.4 Å². The minimum absolute atomic E-state index is 0.103. The maximum atomic E-state index is 15.4. The Kier molecular flexibility index (Phi) is 5.14. The SMILES string of the molecule is Cc1ccc2cc(-c3ccc(-n4c(C[C@@]5(C(=O)C6CC6)CCNC5)n[nH]c4=O)c(F)c3)ccc2n1. The van der Waals surface area contributed by atoms with Gasteiger partial charge in [0.25, 0.3) is 0 Å². The molecular weight excluding hydrogens is 445 g/mol. The second kappa shape index (κ2) is 8.23. The number of ketones is 1. The van der Waals surface area contributed by atoms with E-state index in [0.717, 1.165) is 41.5 Å². The smallest absolute Gasteiger partial charge is 0.316 e. The third kappa shape index (κ3) is 3.87. The highest BCUT2D eigenvalue weighted by atomic mass is 19.1. The highest BCUT2D eigenvalue weighted by Gasteiger charge is 2.48. The largest absolute Gasteiger partial charge is 0.348 e. The van der Waals surface area contributed by atoms with Gasteiger partial charge in [-0.3, -0.25) is 9.78 Å². The number of carbonyl (C=O) groups is 1. The molecule has 3 heterocycles. The predicted octanol–water partition coefficient (Wildman–Crippen LogP) is 3.72. The van der Waals surface area contributed by atoms with E-state index in [9.17, 15) is 9.59 Å². The van der Waals surface area contributed by atoms with Crippen LogP contribution in [0.25, 0.3) is 27.7 Å². The molecule has 6 rings (SSSR count). The van der Waals surface area contributed by atoms with Crippen molar-refractivity contribution < 1.29 is 9.18 Å². The van der Waals surface area contributed by atoms with Crippen LogP contribution in [0.5, 0.6) is 0 Å². The van der Waals surface area contributed by atoms with Gasteiger partial charge in [-0.05, 0) is 74.2 Å². The summed E-state index contributed by atoms with van der Waals surface area (Å²) in [4.78, 5) is 30.3. The number of Topliss-reactive ketones (excluding diaryl/α,β-unsaturated/α-hetero) is 1. The molecule has 1 saturated heterocycles. The Balaban J connectivity index is 1.35. The van der Waals surface area contributed by atoms with Gasteiger partial charge in [-0.25, -0.2) is 18.9 Å². The molecule has 7 nitrogen and oxygen atoms in total. The average Bonchev–Trinajstić information content (AvgIpc) is 3.50. The van der Waals surface area contributed by atoms with Crippen LogP contribution in [0.3, 0.4) is 0 Å². The average molecular weight is 472 g/mol. The standard InChI is InChI=1S/C27H26FN5O2/c1-16-2-3-20-12-18(6-8-22(20)30-16)19-7-9-23(21(28)13-19)33-24(31-32-26(33)35)14-27(10-11-29-15-27)25(34)17-4-5-17/h2-3,6-9,12-13,17,29H,4-5,10-11,14-15H2,1H3,(H,32,35)/t27-/m0/s1. The molecule has 1 aliphatic carbocycles. The lowest BCUT2D eigenvalue weighted by Crippen LogP contribution is -2.38. The molecule has 35 heavy (non-hydrogen) atoms. The third-order valence-corrected chi connectivity index (χ3v) is 7.30. The van der Waals surface area contributed by atoms with E-state index in [4.69, 9.17) is 0 Å². The van der Waals surface area contributed by atoms with E-state index in [0.29, 0.717) is 30.8 Å². The van der Waals surface area contributed by atoms with Crippen LogP contribution < -0.4 is 11.0 Å². The molecule has 0 amide bonds. The van der Waals surface area contributed by atoms with Crippen LogP contribution in [0.15, 0.2) is 53.3 Å². The Morgan fingerprint density at radius 3 is 2.69 bits per heavy atom. The molecule has 2 N–H and O–H groups in total. The number of hydrogen-bond acceptors (Lipinski definition) is 5. The number of halogens is 1. The van der Waals surface area contributed by atoms with Crippen molar-refractivity contribution in [1.82, 2.24) is 25.1 Å². The van der Waals surface area contributed by atoms with Crippen molar-refractivity contribution in [3.63, 3.8) is 0 Å². The first-order valence-electron chi connectivity index (χ1n) is 12.0. The fourth-order valence-electron chi connectivity index (χ4n) is 5.24. The van der Waals surface area contributed by atoms with Gasteiger partial charge in [0.05, 0.1) is 11.2 Å². The third-order valence-electron chi connectivity index (χ3n) is 7.30. The molecule has 0 radical (unpaired) electrons. The van der Waals surface area contributed by atoms with Crippen LogP contribution in [0.2, 0.25) is 0 Å². The Hall–Kier alpha value is -3.65. The summed E-state index contributed by atoms with van der Waals surface area (Å²) in [6.45, 7) is 3.25. The summed E-state index contributed by atoms with van der Waals surface area (Å²) >= 11 is 0. The van der Waals surface area contributed by atoms with Crippen molar-refractivity contribution in [2.75, 3.05) is 13.1 Å². The molecule has 2 aromatic carbocycles. The zero-order valence-electron chi connectivity index (χ0n) is 19.5. The normalized spacial score (nSPS) is 19.9. The molecule has 4 aromatic rings. The van der Waals surface area contributed by atoms with E-state index in [1.165, 1.54) is 10.6 Å². The maximum absolute atomic E-state index is 15.4. The molecule has 1 saturated carbocycles. The fraction of sp³-hybridized carbons (Fsp3) is 0.333. The highest BCUT2D eigenvalue weighted by Crippen LogP contribution is 2.42. The Morgan fingerprint density at radius 2 is 1.94 bits per heavy atom. The first-order valence-corrected chi connectivity index (χ1v) is 12.0. The first kappa shape index (κ1) is 21.9. The van der Waals surface area contributed by atoms with Gasteiger partial charge in [0.1, 0.15) is 17.4 Å². The lowest BCUT2D eigenvalue weighted by atomic mass is 9.77. The van der Waals surface area contributed by atoms with Gasteiger partial charge in [0.15, 0.2) is 0 Å². The molecule has 178 valence electrons. The number of nitrogens with one attached hydrogen (secondary N) is 2. The number of nitrogens with zero attached hydrogens (tertiary/aromatic N) is 3. The molecule has 1 aliphatic heterocycles. The number of aromatic nitrogens is 4. The van der Waals surface area contributed by atoms with E-state index in [2.05, 4.69) is 20.5 Å². The molecule has 0 spiro atoms. The lowest BCUT2D eigenvalue weighted by molar-refractivity contribution is -0.129. The summed E-state index contributed by atoms with van der Waals surface area (Å²) in [6, 6.07) is 14.6. The van der Waals surface area contributed by atoms with Crippen LogP contribution in [0.1, 0.15) is 30.8 Å². The van der Waals surface area contributed by atoms with Crippen molar-refractivity contribution in [2.24, 2.45) is 11.3 Å². The van der Waals surface area contributed by atoms with Gasteiger partial charge in [-0.1, -0.05) is 18.2 Å². The number of aryl methyl sites for hydroxylation is 1. The summed E-state index contributed by atoms with van der Waals surface area (Å²) in [5.74, 6) is 0.195. The van der Waals surface area contributed by atoms with Gasteiger partial charge in [0, 0.05) is 35.4 Å². The topological polar surface area (TPSA) is 92.7 Å². The minimum Gasteiger partial charge on any atom is -0.316 e. The number of benzene rings is 2. The van der Waals surface area contributed by atoms with Crippen molar-refractivity contribution >= 4 is 16.7 Å². The Labute approximate surface area is 201 Å². The summed E-state index contributed by atoms with van der Waals surface area (Å²) in [7, 11) is 0. The predicted molar refractivity (Wildman–Crippen MR) is 131 cm³/mol. The summed E-state index contributed by atoms with van der Waals surface area (Å²) < 4.78 is 16.7. The van der Waals surface area contributed by atoms with Crippen molar-refractivity contribution in [3.8, 4) is 16.8 Å². The van der Waals surface area contributed by atoms with Gasteiger partial charge >= 0.3 is 5.69 Å². The number of pyridine rings is 1. The van der Waals surface area contributed by atoms with Gasteiger partial charge in [-0.15, -0.1) is 0 Å². The second-order valence-electron chi connectivity index (χ2n) is 9.83. The number of aromatic amines is 1.